The van der Waals surface area contributed by atoms with E-state index in [1.54, 1.807) is 28.9 Å². The van der Waals surface area contributed by atoms with Crippen LogP contribution in [0.25, 0.3) is 5.69 Å². The van der Waals surface area contributed by atoms with E-state index in [2.05, 4.69) is 10.4 Å². The second kappa shape index (κ2) is 8.41. The lowest BCUT2D eigenvalue weighted by atomic mass is 10.0. The van der Waals surface area contributed by atoms with Crippen LogP contribution >= 0.6 is 23.4 Å². The van der Waals surface area contributed by atoms with E-state index in [-0.39, 0.29) is 17.8 Å². The molecule has 7 nitrogen and oxygen atoms in total. The second-order valence-electron chi connectivity index (χ2n) is 6.80. The number of halogens is 1. The maximum atomic E-state index is 12.4. The number of amides is 2. The van der Waals surface area contributed by atoms with Gasteiger partial charge in [0.15, 0.2) is 6.61 Å². The maximum Gasteiger partial charge on any atom is 0.255 e. The van der Waals surface area contributed by atoms with E-state index in [1.165, 1.54) is 11.8 Å². The first-order chi connectivity index (χ1) is 14.4. The number of nitrogens with one attached hydrogen (secondary N) is 1. The molecule has 0 radical (unpaired) electrons. The number of aryl methyl sites for hydroxylation is 1. The lowest BCUT2D eigenvalue weighted by Gasteiger charge is -2.16. The van der Waals surface area contributed by atoms with Crippen LogP contribution in [0.15, 0.2) is 48.5 Å². The van der Waals surface area contributed by atoms with Gasteiger partial charge in [-0.1, -0.05) is 29.8 Å². The van der Waals surface area contributed by atoms with Gasteiger partial charge in [0.2, 0.25) is 5.91 Å². The molecule has 1 atom stereocenters. The molecule has 1 aliphatic heterocycles. The Morgan fingerprint density at radius 2 is 2.10 bits per heavy atom. The molecule has 4 rings (SSSR count). The summed E-state index contributed by atoms with van der Waals surface area (Å²) < 4.78 is 7.06. The zero-order valence-corrected chi connectivity index (χ0v) is 17.7. The van der Waals surface area contributed by atoms with E-state index in [4.69, 9.17) is 22.1 Å². The van der Waals surface area contributed by atoms with Gasteiger partial charge < -0.3 is 15.8 Å². The Hall–Kier alpha value is -2.97. The first kappa shape index (κ1) is 20.3. The van der Waals surface area contributed by atoms with Crippen molar-refractivity contribution in [1.29, 1.82) is 0 Å². The summed E-state index contributed by atoms with van der Waals surface area (Å²) in [7, 11) is 0. The van der Waals surface area contributed by atoms with E-state index >= 15 is 0 Å². The molecule has 9 heteroatoms. The summed E-state index contributed by atoms with van der Waals surface area (Å²) in [5, 5.41) is 8.16. The minimum Gasteiger partial charge on any atom is -0.484 e. The number of rotatable bonds is 5. The molecule has 1 aliphatic rings. The Labute approximate surface area is 182 Å². The molecule has 0 spiro atoms. The van der Waals surface area contributed by atoms with Gasteiger partial charge in [0.05, 0.1) is 22.4 Å². The van der Waals surface area contributed by atoms with Crippen molar-refractivity contribution >= 4 is 41.0 Å². The zero-order valence-electron chi connectivity index (χ0n) is 16.1. The molecule has 0 aliphatic carbocycles. The third-order valence-electron chi connectivity index (χ3n) is 4.62. The Bertz CT molecular complexity index is 1110. The minimum atomic E-state index is -0.531. The highest BCUT2D eigenvalue weighted by Gasteiger charge is 2.30. The van der Waals surface area contributed by atoms with Gasteiger partial charge in [-0.05, 0) is 42.8 Å². The fourth-order valence-electron chi connectivity index (χ4n) is 3.33. The number of nitrogens with zero attached hydrogens (tertiary/aromatic N) is 2. The van der Waals surface area contributed by atoms with Crippen molar-refractivity contribution in [2.45, 2.75) is 12.2 Å². The van der Waals surface area contributed by atoms with Crippen LogP contribution in [0.3, 0.4) is 0 Å². The minimum absolute atomic E-state index is 0.0895. The molecule has 0 bridgehead atoms. The second-order valence-corrected chi connectivity index (χ2v) is 8.33. The largest absolute Gasteiger partial charge is 0.484 e. The van der Waals surface area contributed by atoms with Gasteiger partial charge in [-0.25, -0.2) is 4.68 Å². The fraction of sp³-hybridized carbons (Fsp3) is 0.190. The van der Waals surface area contributed by atoms with Crippen molar-refractivity contribution in [3.63, 3.8) is 0 Å². The average molecular weight is 443 g/mol. The molecule has 30 heavy (non-hydrogen) atoms. The molecule has 2 aromatic carbocycles. The smallest absolute Gasteiger partial charge is 0.255 e. The van der Waals surface area contributed by atoms with Crippen LogP contribution in [0, 0.1) is 6.92 Å². The monoisotopic (exact) mass is 442 g/mol. The molecule has 154 valence electrons. The number of carbonyl (C=O) groups is 2. The molecule has 2 amide bonds. The van der Waals surface area contributed by atoms with Crippen LogP contribution in [-0.4, -0.2) is 34.0 Å². The van der Waals surface area contributed by atoms with E-state index in [0.717, 1.165) is 22.5 Å². The molecular weight excluding hydrogens is 424 g/mol. The normalized spacial score (nSPS) is 15.8. The molecule has 0 unspecified atom stereocenters. The quantitative estimate of drug-likeness (QED) is 0.630. The summed E-state index contributed by atoms with van der Waals surface area (Å²) in [6.07, 6.45) is 0. The van der Waals surface area contributed by atoms with Crippen LogP contribution in [0.5, 0.6) is 5.75 Å². The number of aromatic nitrogens is 2. The first-order valence-corrected chi connectivity index (χ1v) is 10.6. The summed E-state index contributed by atoms with van der Waals surface area (Å²) in [5.41, 5.74) is 8.65. The predicted octanol–water partition coefficient (Wildman–Crippen LogP) is 3.47. The Balaban J connectivity index is 1.74. The average Bonchev–Trinajstić information content (AvgIpc) is 2.92. The molecule has 3 aromatic rings. The molecule has 2 heterocycles. The van der Waals surface area contributed by atoms with Crippen LogP contribution in [0.2, 0.25) is 5.02 Å². The van der Waals surface area contributed by atoms with Gasteiger partial charge in [0.1, 0.15) is 11.6 Å². The fourth-order valence-corrected chi connectivity index (χ4v) is 4.71. The van der Waals surface area contributed by atoms with Crippen LogP contribution < -0.4 is 15.8 Å². The number of hydrogen-bond donors (Lipinski definition) is 2. The summed E-state index contributed by atoms with van der Waals surface area (Å²) >= 11 is 7.69. The molecule has 1 aromatic heterocycles. The van der Waals surface area contributed by atoms with Crippen molar-refractivity contribution in [1.82, 2.24) is 9.78 Å². The number of fused-ring (bicyclic) bond motifs is 1. The van der Waals surface area contributed by atoms with Gasteiger partial charge >= 0.3 is 0 Å². The number of primary amides is 1. The van der Waals surface area contributed by atoms with E-state index in [0.29, 0.717) is 22.3 Å². The summed E-state index contributed by atoms with van der Waals surface area (Å²) in [6.45, 7) is 1.75. The van der Waals surface area contributed by atoms with Crippen molar-refractivity contribution in [2.24, 2.45) is 5.73 Å². The zero-order chi connectivity index (χ0) is 21.3. The SMILES string of the molecule is Cc1nn(-c2cccc(Cl)c2)c2c1[C@@H](c1ccc(OCC(N)=O)cc1)SCC(=O)N2. The third-order valence-corrected chi connectivity index (χ3v) is 6.13. The number of nitrogens with two attached hydrogens (primary N) is 1. The van der Waals surface area contributed by atoms with Gasteiger partial charge in [0.25, 0.3) is 5.91 Å². The molecule has 3 N–H and O–H groups in total. The highest BCUT2D eigenvalue weighted by molar-refractivity contribution is 8.00. The van der Waals surface area contributed by atoms with Gasteiger partial charge in [-0.3, -0.25) is 9.59 Å². The first-order valence-electron chi connectivity index (χ1n) is 9.20. The van der Waals surface area contributed by atoms with Gasteiger partial charge in [-0.2, -0.15) is 5.10 Å². The Morgan fingerprint density at radius 1 is 1.33 bits per heavy atom. The van der Waals surface area contributed by atoms with Crippen molar-refractivity contribution < 1.29 is 14.3 Å². The van der Waals surface area contributed by atoms with Crippen molar-refractivity contribution in [3.8, 4) is 11.4 Å². The molecule has 0 saturated carbocycles. The van der Waals surface area contributed by atoms with E-state index < -0.39 is 5.91 Å². The lowest BCUT2D eigenvalue weighted by Crippen LogP contribution is -2.19. The lowest BCUT2D eigenvalue weighted by molar-refractivity contribution is -0.120. The molecule has 0 fully saturated rings. The van der Waals surface area contributed by atoms with Crippen LogP contribution in [-0.2, 0) is 9.59 Å². The third kappa shape index (κ3) is 4.15. The Morgan fingerprint density at radius 3 is 2.80 bits per heavy atom. The van der Waals surface area contributed by atoms with Crippen LogP contribution in [0.4, 0.5) is 5.82 Å². The van der Waals surface area contributed by atoms with Gasteiger partial charge in [0, 0.05) is 10.6 Å². The highest BCUT2D eigenvalue weighted by Crippen LogP contribution is 2.44. The van der Waals surface area contributed by atoms with Crippen LogP contribution in [0.1, 0.15) is 22.1 Å². The van der Waals surface area contributed by atoms with Gasteiger partial charge in [-0.15, -0.1) is 11.8 Å². The predicted molar refractivity (Wildman–Crippen MR) is 117 cm³/mol. The number of carbonyl (C=O) groups excluding carboxylic acids is 2. The highest BCUT2D eigenvalue weighted by atomic mass is 35.5. The number of thioether (sulfide) groups is 1. The summed E-state index contributed by atoms with van der Waals surface area (Å²) in [6, 6.07) is 14.7. The van der Waals surface area contributed by atoms with E-state index in [1.807, 2.05) is 31.2 Å². The maximum absolute atomic E-state index is 12.4. The number of benzene rings is 2. The van der Waals surface area contributed by atoms with Crippen molar-refractivity contribution in [3.05, 3.63) is 70.4 Å². The summed E-state index contributed by atoms with van der Waals surface area (Å²) in [5.74, 6) is 0.889. The number of hydrogen-bond acceptors (Lipinski definition) is 5. The number of ether oxygens (including phenoxy) is 1. The Kier molecular flexibility index (Phi) is 5.69. The molecular formula is C21H19ClN4O3S. The standard InChI is InChI=1S/C21H19ClN4O3S/c1-12-19-20(13-5-7-16(8-6-13)29-10-17(23)27)30-11-18(28)24-21(19)26(25-12)15-4-2-3-14(22)9-15/h2-9,20H,10-11H2,1H3,(H2,23,27)(H,24,28)/t20-/m1/s1. The summed E-state index contributed by atoms with van der Waals surface area (Å²) in [4.78, 5) is 23.3. The van der Waals surface area contributed by atoms with E-state index in [9.17, 15) is 9.59 Å². The van der Waals surface area contributed by atoms with Crippen molar-refractivity contribution in [2.75, 3.05) is 17.7 Å². The molecule has 0 saturated heterocycles. The topological polar surface area (TPSA) is 99.2 Å². The number of anilines is 1.